The molecule has 4 aromatic carbocycles. The Morgan fingerprint density at radius 1 is 0.528 bits per heavy atom. The standard InChI is InChI=1S/C34H28O2/c1-17-15-25-31(35-17)23-13-9-19-7-12-22-21(27(19)29(23)33(25,3)4)11-8-20-10-14-24-30(28(20)22)34(5,6)26-16-18(2)36-32(24)26/h7-16H,1-6H3. The summed E-state index contributed by atoms with van der Waals surface area (Å²) in [6, 6.07) is 22.7. The van der Waals surface area contributed by atoms with Crippen LogP contribution in [0.3, 0.4) is 0 Å². The summed E-state index contributed by atoms with van der Waals surface area (Å²) in [6.07, 6.45) is 0. The van der Waals surface area contributed by atoms with Crippen molar-refractivity contribution in [1.82, 2.24) is 0 Å². The van der Waals surface area contributed by atoms with Crippen molar-refractivity contribution in [2.45, 2.75) is 52.4 Å². The Bertz CT molecular complexity index is 1810. The Morgan fingerprint density at radius 2 is 0.917 bits per heavy atom. The second-order valence-electron chi connectivity index (χ2n) is 11.8. The smallest absolute Gasteiger partial charge is 0.138 e. The average molecular weight is 469 g/mol. The van der Waals surface area contributed by atoms with Crippen molar-refractivity contribution < 1.29 is 8.83 Å². The quantitative estimate of drug-likeness (QED) is 0.207. The Labute approximate surface area is 210 Å². The molecule has 0 bridgehead atoms. The summed E-state index contributed by atoms with van der Waals surface area (Å²) in [5.41, 5.74) is 7.57. The molecule has 0 N–H and O–H groups in total. The van der Waals surface area contributed by atoms with Crippen molar-refractivity contribution in [3.05, 3.63) is 94.4 Å². The van der Waals surface area contributed by atoms with Crippen LogP contribution >= 0.6 is 0 Å². The zero-order valence-electron chi connectivity index (χ0n) is 21.6. The fraction of sp³-hybridized carbons (Fsp3) is 0.235. The highest BCUT2D eigenvalue weighted by molar-refractivity contribution is 6.21. The number of rotatable bonds is 0. The lowest BCUT2D eigenvalue weighted by atomic mass is 9.77. The van der Waals surface area contributed by atoms with E-state index in [9.17, 15) is 0 Å². The number of benzene rings is 4. The number of furan rings is 2. The van der Waals surface area contributed by atoms with E-state index in [1.54, 1.807) is 0 Å². The fourth-order valence-corrected chi connectivity index (χ4v) is 7.36. The lowest BCUT2D eigenvalue weighted by Crippen LogP contribution is -2.16. The number of hydrogen-bond acceptors (Lipinski definition) is 2. The molecule has 176 valence electrons. The molecular weight excluding hydrogens is 440 g/mol. The van der Waals surface area contributed by atoms with Gasteiger partial charge in [0.1, 0.15) is 23.0 Å². The predicted molar refractivity (Wildman–Crippen MR) is 148 cm³/mol. The molecule has 2 heterocycles. The van der Waals surface area contributed by atoms with Gasteiger partial charge in [-0.2, -0.15) is 0 Å². The number of hydrogen-bond donors (Lipinski definition) is 0. The van der Waals surface area contributed by atoms with Crippen LogP contribution in [0.4, 0.5) is 0 Å². The van der Waals surface area contributed by atoms with Crippen molar-refractivity contribution >= 4 is 32.3 Å². The molecule has 2 aliphatic carbocycles. The number of fused-ring (bicyclic) bond motifs is 13. The monoisotopic (exact) mass is 468 g/mol. The van der Waals surface area contributed by atoms with Gasteiger partial charge < -0.3 is 8.83 Å². The van der Waals surface area contributed by atoms with E-state index < -0.39 is 0 Å². The third-order valence-corrected chi connectivity index (χ3v) is 8.96. The van der Waals surface area contributed by atoms with Crippen LogP contribution in [-0.2, 0) is 10.8 Å². The van der Waals surface area contributed by atoms with Gasteiger partial charge in [-0.3, -0.25) is 0 Å². The van der Waals surface area contributed by atoms with E-state index in [2.05, 4.69) is 88.4 Å². The third kappa shape index (κ3) is 2.20. The molecule has 0 fully saturated rings. The summed E-state index contributed by atoms with van der Waals surface area (Å²) in [5.74, 6) is 4.03. The Kier molecular flexibility index (Phi) is 3.47. The summed E-state index contributed by atoms with van der Waals surface area (Å²) in [6.45, 7) is 13.5. The van der Waals surface area contributed by atoms with Crippen LogP contribution in [0.5, 0.6) is 0 Å². The molecule has 0 unspecified atom stereocenters. The third-order valence-electron chi connectivity index (χ3n) is 8.96. The maximum absolute atomic E-state index is 6.23. The molecule has 0 aliphatic heterocycles. The molecule has 2 aliphatic rings. The zero-order chi connectivity index (χ0) is 24.7. The maximum Gasteiger partial charge on any atom is 0.138 e. The minimum atomic E-state index is -0.123. The van der Waals surface area contributed by atoms with Gasteiger partial charge in [0, 0.05) is 33.1 Å². The van der Waals surface area contributed by atoms with Gasteiger partial charge in [0.15, 0.2) is 0 Å². The van der Waals surface area contributed by atoms with Crippen LogP contribution in [0, 0.1) is 13.8 Å². The van der Waals surface area contributed by atoms with Gasteiger partial charge in [-0.15, -0.1) is 0 Å². The van der Waals surface area contributed by atoms with Crippen LogP contribution in [0.15, 0.2) is 69.5 Å². The van der Waals surface area contributed by atoms with Crippen LogP contribution in [0.25, 0.3) is 55.0 Å². The topological polar surface area (TPSA) is 26.3 Å². The molecule has 0 atom stereocenters. The van der Waals surface area contributed by atoms with Gasteiger partial charge in [0.25, 0.3) is 0 Å². The molecule has 0 radical (unpaired) electrons. The first-order chi connectivity index (χ1) is 17.2. The zero-order valence-corrected chi connectivity index (χ0v) is 21.6. The van der Waals surface area contributed by atoms with E-state index >= 15 is 0 Å². The van der Waals surface area contributed by atoms with Gasteiger partial charge >= 0.3 is 0 Å². The van der Waals surface area contributed by atoms with Crippen molar-refractivity contribution in [2.75, 3.05) is 0 Å². The van der Waals surface area contributed by atoms with Gasteiger partial charge in [-0.25, -0.2) is 0 Å². The normalized spacial score (nSPS) is 16.5. The van der Waals surface area contributed by atoms with E-state index in [1.807, 2.05) is 13.8 Å². The molecule has 0 saturated heterocycles. The molecule has 8 rings (SSSR count). The van der Waals surface area contributed by atoms with Crippen molar-refractivity contribution in [3.8, 4) is 22.6 Å². The molecule has 0 saturated carbocycles. The summed E-state index contributed by atoms with van der Waals surface area (Å²) in [7, 11) is 0. The second kappa shape index (κ2) is 6.13. The molecule has 2 nitrogen and oxygen atoms in total. The highest BCUT2D eigenvalue weighted by Crippen LogP contribution is 2.56. The highest BCUT2D eigenvalue weighted by Gasteiger charge is 2.42. The lowest BCUT2D eigenvalue weighted by molar-refractivity contribution is 0.546. The lowest BCUT2D eigenvalue weighted by Gasteiger charge is -2.25. The SMILES string of the molecule is Cc1cc2c(o1)-c1ccc3ccc4c(ccc5ccc6c(c54)C(C)(C)c4cc(C)oc4-6)c3c1C2(C)C. The van der Waals surface area contributed by atoms with Gasteiger partial charge in [-0.05, 0) is 69.4 Å². The molecule has 0 amide bonds. The molecule has 2 heteroatoms. The largest absolute Gasteiger partial charge is 0.461 e. The average Bonchev–Trinajstić information content (AvgIpc) is 3.54. The van der Waals surface area contributed by atoms with Crippen molar-refractivity contribution in [3.63, 3.8) is 0 Å². The number of aryl methyl sites for hydroxylation is 2. The fourth-order valence-electron chi connectivity index (χ4n) is 7.36. The van der Waals surface area contributed by atoms with Crippen LogP contribution in [-0.4, -0.2) is 0 Å². The molecule has 2 aromatic heterocycles. The van der Waals surface area contributed by atoms with E-state index in [4.69, 9.17) is 8.83 Å². The van der Waals surface area contributed by atoms with Gasteiger partial charge in [0.2, 0.25) is 0 Å². The minimum absolute atomic E-state index is 0.123. The second-order valence-corrected chi connectivity index (χ2v) is 11.8. The van der Waals surface area contributed by atoms with Gasteiger partial charge in [0.05, 0.1) is 0 Å². The Balaban J connectivity index is 1.54. The van der Waals surface area contributed by atoms with E-state index in [-0.39, 0.29) is 10.8 Å². The first-order valence-corrected chi connectivity index (χ1v) is 12.9. The van der Waals surface area contributed by atoms with E-state index in [1.165, 1.54) is 65.7 Å². The molecule has 36 heavy (non-hydrogen) atoms. The Morgan fingerprint density at radius 3 is 1.33 bits per heavy atom. The Hall–Kier alpha value is -3.78. The summed E-state index contributed by atoms with van der Waals surface area (Å²) in [4.78, 5) is 0. The molecule has 6 aromatic rings. The van der Waals surface area contributed by atoms with E-state index in [0.717, 1.165) is 23.0 Å². The summed E-state index contributed by atoms with van der Waals surface area (Å²) < 4.78 is 12.5. The van der Waals surface area contributed by atoms with E-state index in [0.29, 0.717) is 0 Å². The summed E-state index contributed by atoms with van der Waals surface area (Å²) in [5, 5.41) is 7.89. The highest BCUT2D eigenvalue weighted by atomic mass is 16.3. The predicted octanol–water partition coefficient (Wildman–Crippen LogP) is 9.56. The van der Waals surface area contributed by atoms with Crippen molar-refractivity contribution in [1.29, 1.82) is 0 Å². The van der Waals surface area contributed by atoms with Crippen LogP contribution in [0.1, 0.15) is 61.5 Å². The van der Waals surface area contributed by atoms with Gasteiger partial charge in [-0.1, -0.05) is 76.2 Å². The first-order valence-electron chi connectivity index (χ1n) is 12.9. The van der Waals surface area contributed by atoms with Crippen LogP contribution in [0.2, 0.25) is 0 Å². The first kappa shape index (κ1) is 20.4. The van der Waals surface area contributed by atoms with Crippen LogP contribution < -0.4 is 0 Å². The maximum atomic E-state index is 6.23. The molecular formula is C34H28O2. The summed E-state index contributed by atoms with van der Waals surface area (Å²) >= 11 is 0. The molecule has 0 spiro atoms. The van der Waals surface area contributed by atoms with Crippen molar-refractivity contribution in [2.24, 2.45) is 0 Å². The minimum Gasteiger partial charge on any atom is -0.461 e.